The van der Waals surface area contributed by atoms with Gasteiger partial charge in [-0.05, 0) is 87.0 Å². The lowest BCUT2D eigenvalue weighted by Gasteiger charge is -2.53. The Kier molecular flexibility index (Phi) is 3.36. The molecule has 0 aromatic heterocycles. The number of Topliss-reactive ketones (excluding diaryl/α,β-unsaturated/α-hetero) is 1. The highest BCUT2D eigenvalue weighted by atomic mass is 16.1. The number of hydrogen-bond donors (Lipinski definition) is 0. The van der Waals surface area contributed by atoms with Crippen LogP contribution in [0.2, 0.25) is 0 Å². The number of carbonyl (C=O) groups is 2. The zero-order valence-electron chi connectivity index (χ0n) is 13.9. The number of allylic oxidation sites excluding steroid dienone is 1. The van der Waals surface area contributed by atoms with Crippen molar-refractivity contribution in [3.05, 3.63) is 11.6 Å². The molecule has 4 rings (SSSR count). The molecule has 2 heteroatoms. The number of ketones is 2. The van der Waals surface area contributed by atoms with Crippen LogP contribution in [-0.4, -0.2) is 11.6 Å². The molecular formula is C20H28O2. The summed E-state index contributed by atoms with van der Waals surface area (Å²) in [5, 5.41) is 0. The highest BCUT2D eigenvalue weighted by Gasteiger charge is 2.57. The van der Waals surface area contributed by atoms with Crippen molar-refractivity contribution in [2.24, 2.45) is 35.0 Å². The van der Waals surface area contributed by atoms with E-state index in [1.54, 1.807) is 6.92 Å². The summed E-state index contributed by atoms with van der Waals surface area (Å²) in [4.78, 5) is 23.8. The molecule has 3 saturated carbocycles. The molecule has 0 radical (unpaired) electrons. The minimum absolute atomic E-state index is 0.263. The molecule has 0 amide bonds. The van der Waals surface area contributed by atoms with E-state index >= 15 is 0 Å². The van der Waals surface area contributed by atoms with Gasteiger partial charge >= 0.3 is 0 Å². The third kappa shape index (κ3) is 1.98. The van der Waals surface area contributed by atoms with Crippen molar-refractivity contribution in [2.75, 3.05) is 0 Å². The molecule has 0 saturated heterocycles. The van der Waals surface area contributed by atoms with Gasteiger partial charge in [-0.2, -0.15) is 0 Å². The van der Waals surface area contributed by atoms with Gasteiger partial charge in [-0.25, -0.2) is 0 Å². The number of fused-ring (bicyclic) bond motifs is 5. The predicted molar refractivity (Wildman–Crippen MR) is 86.3 cm³/mol. The van der Waals surface area contributed by atoms with Gasteiger partial charge < -0.3 is 0 Å². The Hall–Kier alpha value is -0.920. The van der Waals surface area contributed by atoms with Crippen molar-refractivity contribution in [3.8, 4) is 0 Å². The minimum Gasteiger partial charge on any atom is -0.300 e. The maximum absolute atomic E-state index is 12.1. The Morgan fingerprint density at radius 2 is 1.91 bits per heavy atom. The summed E-state index contributed by atoms with van der Waals surface area (Å²) in [6.45, 7) is 4.21. The van der Waals surface area contributed by atoms with E-state index in [4.69, 9.17) is 0 Å². The Balaban J connectivity index is 1.62. The van der Waals surface area contributed by atoms with E-state index in [2.05, 4.69) is 6.92 Å². The van der Waals surface area contributed by atoms with Gasteiger partial charge in [0.2, 0.25) is 0 Å². The average molecular weight is 300 g/mol. The summed E-state index contributed by atoms with van der Waals surface area (Å²) in [6.07, 6.45) is 11.1. The van der Waals surface area contributed by atoms with Crippen molar-refractivity contribution in [3.63, 3.8) is 0 Å². The van der Waals surface area contributed by atoms with Crippen LogP contribution in [0.5, 0.6) is 0 Å². The van der Waals surface area contributed by atoms with Gasteiger partial charge in [-0.15, -0.1) is 0 Å². The molecule has 0 heterocycles. The maximum Gasteiger partial charge on any atom is 0.155 e. The van der Waals surface area contributed by atoms with Crippen LogP contribution >= 0.6 is 0 Å². The number of rotatable bonds is 1. The van der Waals surface area contributed by atoms with Crippen LogP contribution in [0.3, 0.4) is 0 Å². The van der Waals surface area contributed by atoms with Crippen LogP contribution in [-0.2, 0) is 9.59 Å². The van der Waals surface area contributed by atoms with Gasteiger partial charge in [-0.1, -0.05) is 12.5 Å². The van der Waals surface area contributed by atoms with Gasteiger partial charge in [0.25, 0.3) is 0 Å². The summed E-state index contributed by atoms with van der Waals surface area (Å²) >= 11 is 0. The van der Waals surface area contributed by atoms with E-state index in [0.29, 0.717) is 23.4 Å². The van der Waals surface area contributed by atoms with Gasteiger partial charge in [0.15, 0.2) is 5.78 Å². The lowest BCUT2D eigenvalue weighted by atomic mass is 9.51. The third-order valence-corrected chi connectivity index (χ3v) is 7.79. The largest absolute Gasteiger partial charge is 0.300 e. The molecule has 0 spiro atoms. The average Bonchev–Trinajstić information content (AvgIpc) is 2.84. The summed E-state index contributed by atoms with van der Waals surface area (Å²) < 4.78 is 0. The molecule has 0 aliphatic heterocycles. The lowest BCUT2D eigenvalue weighted by Crippen LogP contribution is -2.47. The van der Waals surface area contributed by atoms with Crippen LogP contribution in [0, 0.1) is 35.0 Å². The van der Waals surface area contributed by atoms with Gasteiger partial charge in [0.05, 0.1) is 0 Å². The first-order valence-corrected chi connectivity index (χ1v) is 9.24. The maximum atomic E-state index is 12.1. The highest BCUT2D eigenvalue weighted by Crippen LogP contribution is 2.63. The molecule has 0 aromatic carbocycles. The molecule has 120 valence electrons. The monoisotopic (exact) mass is 300 g/mol. The quantitative estimate of drug-likeness (QED) is 0.722. The molecule has 6 atom stereocenters. The SMILES string of the molecule is CC(=O)[C@@H]1CCC2C3CCC4=CC(=O)CCC4C3CC[C@]21C. The molecule has 0 N–H and O–H groups in total. The van der Waals surface area contributed by atoms with Crippen LogP contribution < -0.4 is 0 Å². The standard InChI is InChI=1S/C20H28O2/c1-12(21)18-7-8-19-17-5-3-13-11-14(22)4-6-15(13)16(17)9-10-20(18,19)2/h11,15-19H,3-10H2,1-2H3/t15?,16?,17?,18-,19?,20-/m0/s1. The molecule has 4 aliphatic carbocycles. The summed E-state index contributed by atoms with van der Waals surface area (Å²) in [7, 11) is 0. The fourth-order valence-corrected chi connectivity index (χ4v) is 6.85. The smallest absolute Gasteiger partial charge is 0.155 e. The summed E-state index contributed by atoms with van der Waals surface area (Å²) in [5.74, 6) is 4.10. The van der Waals surface area contributed by atoms with Crippen molar-refractivity contribution < 1.29 is 9.59 Å². The summed E-state index contributed by atoms with van der Waals surface area (Å²) in [5.41, 5.74) is 1.72. The Morgan fingerprint density at radius 3 is 2.68 bits per heavy atom. The topological polar surface area (TPSA) is 34.1 Å². The second kappa shape index (κ2) is 5.04. The van der Waals surface area contributed by atoms with Crippen LogP contribution in [0.4, 0.5) is 0 Å². The van der Waals surface area contributed by atoms with Gasteiger partial charge in [-0.3, -0.25) is 9.59 Å². The molecule has 4 aliphatic rings. The third-order valence-electron chi connectivity index (χ3n) is 7.79. The van der Waals surface area contributed by atoms with E-state index in [1.165, 1.54) is 31.3 Å². The molecular weight excluding hydrogens is 272 g/mol. The Morgan fingerprint density at radius 1 is 1.09 bits per heavy atom. The zero-order chi connectivity index (χ0) is 15.5. The number of carbonyl (C=O) groups excluding carboxylic acids is 2. The molecule has 0 aromatic rings. The van der Waals surface area contributed by atoms with E-state index in [1.807, 2.05) is 6.08 Å². The Labute approximate surface area is 133 Å². The first kappa shape index (κ1) is 14.7. The molecule has 0 bridgehead atoms. The van der Waals surface area contributed by atoms with E-state index in [9.17, 15) is 9.59 Å². The molecule has 22 heavy (non-hydrogen) atoms. The van der Waals surface area contributed by atoms with Crippen molar-refractivity contribution in [1.82, 2.24) is 0 Å². The van der Waals surface area contributed by atoms with Crippen molar-refractivity contribution in [2.45, 2.75) is 65.2 Å². The zero-order valence-corrected chi connectivity index (χ0v) is 13.9. The predicted octanol–water partition coefficient (Wildman–Crippen LogP) is 4.33. The first-order valence-electron chi connectivity index (χ1n) is 9.24. The van der Waals surface area contributed by atoms with Gasteiger partial charge in [0, 0.05) is 12.3 Å². The van der Waals surface area contributed by atoms with Crippen molar-refractivity contribution in [1.29, 1.82) is 0 Å². The normalized spacial score (nSPS) is 47.3. The lowest BCUT2D eigenvalue weighted by molar-refractivity contribution is -0.127. The highest BCUT2D eigenvalue weighted by molar-refractivity contribution is 5.91. The molecule has 3 fully saturated rings. The first-order chi connectivity index (χ1) is 10.5. The number of hydrogen-bond acceptors (Lipinski definition) is 2. The van der Waals surface area contributed by atoms with E-state index in [0.717, 1.165) is 43.4 Å². The molecule has 2 nitrogen and oxygen atoms in total. The Bertz CT molecular complexity index is 546. The second-order valence-corrected chi connectivity index (χ2v) is 8.59. The fourth-order valence-electron chi connectivity index (χ4n) is 6.85. The van der Waals surface area contributed by atoms with Gasteiger partial charge in [0.1, 0.15) is 5.78 Å². The second-order valence-electron chi connectivity index (χ2n) is 8.59. The van der Waals surface area contributed by atoms with Crippen molar-refractivity contribution >= 4 is 11.6 Å². The molecule has 4 unspecified atom stereocenters. The van der Waals surface area contributed by atoms with Crippen LogP contribution in [0.15, 0.2) is 11.6 Å². The van der Waals surface area contributed by atoms with Crippen LogP contribution in [0.25, 0.3) is 0 Å². The summed E-state index contributed by atoms with van der Waals surface area (Å²) in [6, 6.07) is 0. The van der Waals surface area contributed by atoms with Crippen LogP contribution in [0.1, 0.15) is 65.2 Å². The fraction of sp³-hybridized carbons (Fsp3) is 0.800. The van der Waals surface area contributed by atoms with E-state index in [-0.39, 0.29) is 5.41 Å². The van der Waals surface area contributed by atoms with E-state index < -0.39 is 0 Å². The minimum atomic E-state index is 0.263.